The molecule has 0 aromatic heterocycles. The van der Waals surface area contributed by atoms with E-state index in [0.717, 1.165) is 51.4 Å². The molecule has 0 spiro atoms. The van der Waals surface area contributed by atoms with Crippen LogP contribution in [0.3, 0.4) is 0 Å². The van der Waals surface area contributed by atoms with E-state index in [2.05, 4.69) is 61.6 Å². The van der Waals surface area contributed by atoms with Crippen LogP contribution in [0.25, 0.3) is 0 Å². The van der Waals surface area contributed by atoms with E-state index in [9.17, 15) is 49.7 Å². The number of allylic oxidation sites excluding steroid dienone is 22. The van der Waals surface area contributed by atoms with Gasteiger partial charge in [0.05, 0.1) is 12.7 Å². The zero-order valence-corrected chi connectivity index (χ0v) is 40.8. The second-order valence-corrected chi connectivity index (χ2v) is 17.1. The lowest BCUT2D eigenvalue weighted by Gasteiger charge is -2.41. The summed E-state index contributed by atoms with van der Waals surface area (Å²) in [4.78, 5) is 35.7. The van der Waals surface area contributed by atoms with Crippen molar-refractivity contribution >= 4 is 19.8 Å². The van der Waals surface area contributed by atoms with Gasteiger partial charge in [-0.3, -0.25) is 18.6 Å². The normalized spacial score (nSPS) is 22.8. The van der Waals surface area contributed by atoms with Crippen LogP contribution in [0.1, 0.15) is 110 Å². The Morgan fingerprint density at radius 3 is 1.38 bits per heavy atom. The average Bonchev–Trinajstić information content (AvgIpc) is 3.32. The van der Waals surface area contributed by atoms with Crippen molar-refractivity contribution in [3.05, 3.63) is 146 Å². The van der Waals surface area contributed by atoms with E-state index in [1.807, 2.05) is 85.9 Å². The fraction of sp³-hybridized carbons (Fsp3) is 0.509. The lowest BCUT2D eigenvalue weighted by molar-refractivity contribution is -0.220. The molecule has 14 nitrogen and oxygen atoms in total. The molecular formula is C53H79O14P. The van der Waals surface area contributed by atoms with Gasteiger partial charge in [-0.15, -0.1) is 0 Å². The molecule has 1 aliphatic carbocycles. The van der Waals surface area contributed by atoms with Crippen LogP contribution in [-0.2, 0) is 32.7 Å². The standard InChI is InChI=1S/C53H79O14P/c1-3-5-7-8-9-10-11-12-13-14-15-16-17-20-23-26-29-32-36-40-46(55)64-42-45(43-65-68(62,63)67-53-51(60)49(58)48(57)50(59)52(53)61)66-47(56)41-37-33-30-27-24-21-18-19-22-25-28-31-35-39-44(54)38-34-6-4-2/h5-7,9-10,12-13,15-16,19-24,28-35,39,44-45,48-54,57-61H,3-4,8,11,14,17-18,25-27,36-38,40-43H2,1-2H3,(H,62,63)/b7-5-,10-9-,13-12-,16-15-,22-19-,23-20-,24-21-,31-28+,32-29-,33-30-,34-6-,39-35+/t44?,45-,48?,49-,50+,51-,52-,53?/m1/s1. The van der Waals surface area contributed by atoms with E-state index in [1.165, 1.54) is 0 Å². The first-order valence-electron chi connectivity index (χ1n) is 23.7. The minimum Gasteiger partial charge on any atom is -0.462 e. The van der Waals surface area contributed by atoms with Crippen molar-refractivity contribution in [1.29, 1.82) is 0 Å². The summed E-state index contributed by atoms with van der Waals surface area (Å²) >= 11 is 0. The molecule has 0 amide bonds. The first-order valence-corrected chi connectivity index (χ1v) is 25.2. The Bertz CT molecular complexity index is 1750. The van der Waals surface area contributed by atoms with Crippen LogP contribution in [0.4, 0.5) is 0 Å². The fourth-order valence-corrected chi connectivity index (χ4v) is 6.98. The Morgan fingerprint density at radius 1 is 0.515 bits per heavy atom. The van der Waals surface area contributed by atoms with Crippen molar-refractivity contribution in [2.24, 2.45) is 0 Å². The fourth-order valence-electron chi connectivity index (χ4n) is 6.01. The van der Waals surface area contributed by atoms with Gasteiger partial charge >= 0.3 is 19.8 Å². The minimum atomic E-state index is -5.18. The van der Waals surface area contributed by atoms with Gasteiger partial charge in [-0.1, -0.05) is 160 Å². The Kier molecular flexibility index (Phi) is 36.8. The summed E-state index contributed by atoms with van der Waals surface area (Å²) < 4.78 is 33.4. The highest BCUT2D eigenvalue weighted by Gasteiger charge is 2.51. The Hall–Kier alpha value is -4.31. The highest BCUT2D eigenvalue weighted by atomic mass is 31.2. The average molecular weight is 971 g/mol. The van der Waals surface area contributed by atoms with Crippen LogP contribution in [0.15, 0.2) is 146 Å². The molecule has 9 atom stereocenters. The lowest BCUT2D eigenvalue weighted by atomic mass is 9.85. The van der Waals surface area contributed by atoms with Crippen molar-refractivity contribution in [2.45, 2.75) is 159 Å². The second kappa shape index (κ2) is 40.6. The van der Waals surface area contributed by atoms with Crippen LogP contribution in [0, 0.1) is 0 Å². The highest BCUT2D eigenvalue weighted by molar-refractivity contribution is 7.47. The molecule has 1 rings (SSSR count). The summed E-state index contributed by atoms with van der Waals surface area (Å²) in [6.07, 6.45) is 43.9. The van der Waals surface area contributed by atoms with Crippen LogP contribution in [0.2, 0.25) is 0 Å². The number of phosphoric acid groups is 1. The summed E-state index contributed by atoms with van der Waals surface area (Å²) in [5.74, 6) is -1.34. The van der Waals surface area contributed by atoms with Crippen molar-refractivity contribution < 1.29 is 68.2 Å². The van der Waals surface area contributed by atoms with Crippen LogP contribution >= 0.6 is 7.82 Å². The molecule has 0 bridgehead atoms. The summed E-state index contributed by atoms with van der Waals surface area (Å²) in [6.45, 7) is 2.83. The molecule has 0 radical (unpaired) electrons. The number of carbonyl (C=O) groups is 2. The number of hydrogen-bond donors (Lipinski definition) is 7. The number of esters is 2. The molecule has 4 unspecified atom stereocenters. The van der Waals surface area contributed by atoms with Gasteiger partial charge in [0.15, 0.2) is 6.10 Å². The van der Waals surface area contributed by atoms with Gasteiger partial charge in [0.2, 0.25) is 0 Å². The predicted molar refractivity (Wildman–Crippen MR) is 268 cm³/mol. The quantitative estimate of drug-likeness (QED) is 0.0135. The monoisotopic (exact) mass is 971 g/mol. The number of phosphoric ester groups is 1. The number of ether oxygens (including phenoxy) is 2. The topological polar surface area (TPSA) is 230 Å². The molecule has 0 saturated heterocycles. The van der Waals surface area contributed by atoms with Crippen molar-refractivity contribution in [3.63, 3.8) is 0 Å². The molecule has 380 valence electrons. The highest BCUT2D eigenvalue weighted by Crippen LogP contribution is 2.47. The van der Waals surface area contributed by atoms with E-state index in [-0.39, 0.29) is 12.8 Å². The van der Waals surface area contributed by atoms with Crippen LogP contribution < -0.4 is 0 Å². The minimum absolute atomic E-state index is 0.00813. The van der Waals surface area contributed by atoms with Crippen LogP contribution in [0.5, 0.6) is 0 Å². The molecule has 0 aromatic rings. The van der Waals surface area contributed by atoms with E-state index in [4.69, 9.17) is 18.5 Å². The first kappa shape index (κ1) is 61.7. The van der Waals surface area contributed by atoms with Gasteiger partial charge in [-0.2, -0.15) is 0 Å². The summed E-state index contributed by atoms with van der Waals surface area (Å²) in [5.41, 5.74) is 0. The van der Waals surface area contributed by atoms with E-state index < -0.39 is 81.8 Å². The van der Waals surface area contributed by atoms with Crippen molar-refractivity contribution in [3.8, 4) is 0 Å². The zero-order valence-electron chi connectivity index (χ0n) is 39.9. The maximum absolute atomic E-state index is 12.8. The van der Waals surface area contributed by atoms with Crippen molar-refractivity contribution in [1.82, 2.24) is 0 Å². The summed E-state index contributed by atoms with van der Waals surface area (Å²) in [5, 5.41) is 60.0. The van der Waals surface area contributed by atoms with Gasteiger partial charge in [0, 0.05) is 12.8 Å². The molecular weight excluding hydrogens is 892 g/mol. The second-order valence-electron chi connectivity index (χ2n) is 15.7. The van der Waals surface area contributed by atoms with Crippen molar-refractivity contribution in [2.75, 3.05) is 13.2 Å². The molecule has 1 fully saturated rings. The van der Waals surface area contributed by atoms with Crippen LogP contribution in [-0.4, -0.2) is 110 Å². The maximum atomic E-state index is 12.8. The molecule has 68 heavy (non-hydrogen) atoms. The maximum Gasteiger partial charge on any atom is 0.472 e. The van der Waals surface area contributed by atoms with E-state index in [0.29, 0.717) is 32.1 Å². The number of carbonyl (C=O) groups excluding carboxylic acids is 2. The number of hydrogen-bond acceptors (Lipinski definition) is 13. The Labute approximate surface area is 404 Å². The van der Waals surface area contributed by atoms with Gasteiger partial charge in [0.25, 0.3) is 0 Å². The summed E-state index contributed by atoms with van der Waals surface area (Å²) in [6, 6.07) is 0. The van der Waals surface area contributed by atoms with Gasteiger partial charge < -0.3 is 45.0 Å². The largest absolute Gasteiger partial charge is 0.472 e. The predicted octanol–water partition coefficient (Wildman–Crippen LogP) is 8.69. The molecule has 1 saturated carbocycles. The summed E-state index contributed by atoms with van der Waals surface area (Å²) in [7, 11) is -5.18. The number of aliphatic hydroxyl groups excluding tert-OH is 6. The number of aliphatic hydroxyl groups is 6. The Morgan fingerprint density at radius 2 is 0.912 bits per heavy atom. The molecule has 0 heterocycles. The third kappa shape index (κ3) is 32.4. The number of rotatable bonds is 36. The SMILES string of the molecule is CC/C=C\C/C=C\C/C=C\C/C=C\C/C=C\C/C=C\CCC(=O)OC[C@H](COP(=O)(O)OC1[C@H](O)[C@H](O)C(O)[C@H](O)[C@H]1O)OC(=O)CC/C=C\C/C=C\C/C=C\C/C=C/C=C/C(O)C/C=C\CC. The first-order chi connectivity index (χ1) is 32.8. The molecule has 15 heteroatoms. The van der Waals surface area contributed by atoms with E-state index >= 15 is 0 Å². The zero-order chi connectivity index (χ0) is 50.1. The molecule has 1 aliphatic rings. The lowest BCUT2D eigenvalue weighted by Crippen LogP contribution is -2.64. The third-order valence-electron chi connectivity index (χ3n) is 9.78. The Balaban J connectivity index is 2.58. The van der Waals surface area contributed by atoms with Gasteiger partial charge in [-0.05, 0) is 83.5 Å². The van der Waals surface area contributed by atoms with Gasteiger partial charge in [0.1, 0.15) is 43.2 Å². The van der Waals surface area contributed by atoms with Gasteiger partial charge in [-0.25, -0.2) is 4.57 Å². The van der Waals surface area contributed by atoms with E-state index in [1.54, 1.807) is 12.2 Å². The molecule has 0 aromatic carbocycles. The molecule has 7 N–H and O–H groups in total. The smallest absolute Gasteiger partial charge is 0.462 e. The third-order valence-corrected chi connectivity index (χ3v) is 10.8. The molecule has 0 aliphatic heterocycles.